The number of piperidine rings is 1. The van der Waals surface area contributed by atoms with Gasteiger partial charge < -0.3 is 29.9 Å². The molecule has 3 heterocycles. The predicted octanol–water partition coefficient (Wildman–Crippen LogP) is 1.37. The minimum Gasteiger partial charge on any atom is -0.487 e. The fraction of sp³-hybridized carbons (Fsp3) is 0.455. The Morgan fingerprint density at radius 3 is 2.06 bits per heavy atom. The Hall–Kier alpha value is -3.38. The van der Waals surface area contributed by atoms with Gasteiger partial charge in [-0.1, -0.05) is 0 Å². The van der Waals surface area contributed by atoms with E-state index in [-0.39, 0.29) is 42.6 Å². The van der Waals surface area contributed by atoms with Gasteiger partial charge in [0.25, 0.3) is 5.91 Å². The van der Waals surface area contributed by atoms with Crippen LogP contribution >= 0.6 is 0 Å². The van der Waals surface area contributed by atoms with Crippen molar-refractivity contribution in [2.24, 2.45) is 5.92 Å². The molecule has 3 N–H and O–H groups in total. The second kappa shape index (κ2) is 9.85. The zero-order valence-electron chi connectivity index (χ0n) is 18.1. The molecule has 0 bridgehead atoms. The van der Waals surface area contributed by atoms with E-state index in [1.807, 2.05) is 0 Å². The van der Waals surface area contributed by atoms with E-state index in [0.29, 0.717) is 25.9 Å². The quantitative estimate of drug-likeness (QED) is 0.586. The monoisotopic (exact) mass is 478 g/mol. The number of likely N-dealkylation sites (tertiary alicyclic amines) is 2. The van der Waals surface area contributed by atoms with Crippen molar-refractivity contribution in [1.82, 2.24) is 19.8 Å². The van der Waals surface area contributed by atoms with Crippen molar-refractivity contribution in [1.29, 1.82) is 0 Å². The largest absolute Gasteiger partial charge is 0.487 e. The summed E-state index contributed by atoms with van der Waals surface area (Å²) in [5, 5.41) is 28.2. The first-order valence-electron chi connectivity index (χ1n) is 10.8. The van der Waals surface area contributed by atoms with Crippen molar-refractivity contribution in [3.63, 3.8) is 0 Å². The summed E-state index contributed by atoms with van der Waals surface area (Å²) < 4.78 is 34.6. The van der Waals surface area contributed by atoms with Crippen LogP contribution in [0.4, 0.5) is 13.6 Å². The summed E-state index contributed by atoms with van der Waals surface area (Å²) in [5.74, 6) is -3.07. The van der Waals surface area contributed by atoms with E-state index in [9.17, 15) is 28.6 Å². The lowest BCUT2D eigenvalue weighted by Gasteiger charge is -2.29. The number of aliphatic hydroxyl groups excluding tert-OH is 2. The molecule has 2 saturated heterocycles. The van der Waals surface area contributed by atoms with Crippen LogP contribution in [0.3, 0.4) is 0 Å². The summed E-state index contributed by atoms with van der Waals surface area (Å²) in [6.45, 7) is 0.694. The number of aromatic nitrogens is 2. The molecule has 2 fully saturated rings. The Morgan fingerprint density at radius 2 is 1.53 bits per heavy atom. The molecule has 2 aliphatic heterocycles. The Kier molecular flexibility index (Phi) is 6.89. The molecule has 2 aromatic rings. The van der Waals surface area contributed by atoms with E-state index in [2.05, 4.69) is 9.97 Å². The van der Waals surface area contributed by atoms with Crippen LogP contribution in [0.25, 0.3) is 11.1 Å². The number of carbonyl (C=O) groups is 2. The lowest BCUT2D eigenvalue weighted by Crippen LogP contribution is -2.38. The smallest absolute Gasteiger partial charge is 0.407 e. The van der Waals surface area contributed by atoms with Gasteiger partial charge in [0, 0.05) is 44.1 Å². The fourth-order valence-electron chi connectivity index (χ4n) is 4.02. The maximum atomic E-state index is 14.6. The number of halogens is 2. The van der Waals surface area contributed by atoms with Crippen LogP contribution in [0.15, 0.2) is 24.5 Å². The molecule has 12 heteroatoms. The van der Waals surface area contributed by atoms with E-state index < -0.39 is 41.6 Å². The van der Waals surface area contributed by atoms with Gasteiger partial charge in [-0.3, -0.25) is 4.79 Å². The number of β-amino-alcohol motifs (C(OH)–C–C–N with tert-alkyl or cyclic N) is 2. The van der Waals surface area contributed by atoms with Crippen molar-refractivity contribution in [3.05, 3.63) is 42.0 Å². The van der Waals surface area contributed by atoms with Crippen molar-refractivity contribution in [3.8, 4) is 16.9 Å². The molecule has 0 radical (unpaired) electrons. The molecule has 4 rings (SSSR count). The Morgan fingerprint density at radius 1 is 0.971 bits per heavy atom. The van der Waals surface area contributed by atoms with Crippen molar-refractivity contribution < 1.29 is 38.4 Å². The molecule has 0 aliphatic carbocycles. The van der Waals surface area contributed by atoms with E-state index in [0.717, 1.165) is 12.1 Å². The molecule has 182 valence electrons. The number of amides is 2. The highest BCUT2D eigenvalue weighted by atomic mass is 19.1. The fourth-order valence-corrected chi connectivity index (χ4v) is 4.02. The number of carbonyl (C=O) groups excluding carboxylic acids is 1. The molecule has 2 atom stereocenters. The number of rotatable bonds is 5. The van der Waals surface area contributed by atoms with Gasteiger partial charge in [-0.05, 0) is 36.5 Å². The topological polar surface area (TPSA) is 136 Å². The molecule has 0 saturated carbocycles. The third-order valence-electron chi connectivity index (χ3n) is 6.07. The number of carboxylic acid groups (broad SMARTS) is 1. The van der Waals surface area contributed by atoms with Crippen LogP contribution < -0.4 is 4.74 Å². The minimum absolute atomic E-state index is 0.00890. The molecule has 0 unspecified atom stereocenters. The van der Waals surface area contributed by atoms with E-state index in [1.54, 1.807) is 0 Å². The number of nitrogens with zero attached hydrogens (tertiary/aromatic N) is 4. The van der Waals surface area contributed by atoms with E-state index >= 15 is 0 Å². The van der Waals surface area contributed by atoms with Gasteiger partial charge in [-0.15, -0.1) is 0 Å². The molecule has 1 aromatic carbocycles. The molecule has 10 nitrogen and oxygen atoms in total. The van der Waals surface area contributed by atoms with E-state index in [4.69, 9.17) is 9.84 Å². The van der Waals surface area contributed by atoms with Gasteiger partial charge in [0.1, 0.15) is 0 Å². The highest BCUT2D eigenvalue weighted by Crippen LogP contribution is 2.30. The van der Waals surface area contributed by atoms with Gasteiger partial charge in [0.15, 0.2) is 17.4 Å². The van der Waals surface area contributed by atoms with Crippen molar-refractivity contribution >= 4 is 12.0 Å². The normalized spacial score (nSPS) is 21.1. The average molecular weight is 478 g/mol. The van der Waals surface area contributed by atoms with Crippen LogP contribution in [0.5, 0.6) is 5.75 Å². The summed E-state index contributed by atoms with van der Waals surface area (Å²) in [4.78, 5) is 33.8. The third-order valence-corrected chi connectivity index (χ3v) is 6.07. The number of ether oxygens (including phenoxy) is 1. The lowest BCUT2D eigenvalue weighted by molar-refractivity contribution is 0.0572. The van der Waals surface area contributed by atoms with Gasteiger partial charge in [0.05, 0.1) is 18.8 Å². The molecule has 1 aromatic heterocycles. The number of benzene rings is 1. The van der Waals surface area contributed by atoms with Crippen LogP contribution in [0.1, 0.15) is 23.5 Å². The van der Waals surface area contributed by atoms with Gasteiger partial charge in [-0.25, -0.2) is 23.5 Å². The predicted molar refractivity (Wildman–Crippen MR) is 113 cm³/mol. The van der Waals surface area contributed by atoms with Crippen LogP contribution in [-0.2, 0) is 0 Å². The summed E-state index contributed by atoms with van der Waals surface area (Å²) in [6, 6.07) is 2.16. The molecular formula is C22H24F2N4O6. The highest BCUT2D eigenvalue weighted by Gasteiger charge is 2.34. The Balaban J connectivity index is 1.39. The first kappa shape index (κ1) is 23.8. The number of hydrogen-bond donors (Lipinski definition) is 3. The Labute approximate surface area is 193 Å². The second-order valence-corrected chi connectivity index (χ2v) is 8.43. The maximum Gasteiger partial charge on any atom is 0.407 e. The first-order valence-corrected chi connectivity index (χ1v) is 10.8. The van der Waals surface area contributed by atoms with E-state index in [1.165, 1.54) is 22.2 Å². The maximum absolute atomic E-state index is 14.6. The highest BCUT2D eigenvalue weighted by molar-refractivity contribution is 5.91. The standard InChI is InChI=1S/C22H24F2N4O6/c23-15-5-13(6-16(24)19(15)34-11-12-1-3-27(4-2-12)22(32)33)14-7-25-20(26-8-14)21(31)28-9-17(29)18(30)10-28/h5-8,12,17-18,29-30H,1-4,9-11H2,(H,32,33)/t17-,18-/m1/s1. The third kappa shape index (κ3) is 5.07. The van der Waals surface area contributed by atoms with Crippen molar-refractivity contribution in [2.45, 2.75) is 25.0 Å². The first-order chi connectivity index (χ1) is 16.2. The number of aliphatic hydroxyl groups is 2. The zero-order valence-corrected chi connectivity index (χ0v) is 18.1. The van der Waals surface area contributed by atoms with Gasteiger partial charge in [0.2, 0.25) is 5.82 Å². The lowest BCUT2D eigenvalue weighted by atomic mass is 9.98. The molecule has 2 aliphatic rings. The SMILES string of the molecule is O=C(O)N1CCC(COc2c(F)cc(-c3cnc(C(=O)N4C[C@@H](O)[C@H](O)C4)nc3)cc2F)CC1. The average Bonchev–Trinajstić information content (AvgIpc) is 3.16. The summed E-state index contributed by atoms with van der Waals surface area (Å²) in [6.07, 6.45) is 0.556. The van der Waals surface area contributed by atoms with Crippen LogP contribution in [0.2, 0.25) is 0 Å². The number of hydrogen-bond acceptors (Lipinski definition) is 7. The molecule has 2 amide bonds. The molecule has 34 heavy (non-hydrogen) atoms. The summed E-state index contributed by atoms with van der Waals surface area (Å²) >= 11 is 0. The minimum atomic E-state index is -1.03. The zero-order chi connectivity index (χ0) is 24.4. The summed E-state index contributed by atoms with van der Waals surface area (Å²) in [5.41, 5.74) is 0.437. The van der Waals surface area contributed by atoms with Gasteiger partial charge >= 0.3 is 6.09 Å². The van der Waals surface area contributed by atoms with Crippen LogP contribution in [0, 0.1) is 17.6 Å². The molecular weight excluding hydrogens is 454 g/mol. The van der Waals surface area contributed by atoms with Gasteiger partial charge in [-0.2, -0.15) is 0 Å². The van der Waals surface area contributed by atoms with Crippen molar-refractivity contribution in [2.75, 3.05) is 32.8 Å². The summed E-state index contributed by atoms with van der Waals surface area (Å²) in [7, 11) is 0. The second-order valence-electron chi connectivity index (χ2n) is 8.43. The van der Waals surface area contributed by atoms with Crippen LogP contribution in [-0.4, -0.2) is 92.1 Å². The molecule has 0 spiro atoms. The Bertz CT molecular complexity index is 1030.